The third-order valence-corrected chi connectivity index (χ3v) is 5.92. The first kappa shape index (κ1) is 18.2. The van der Waals surface area contributed by atoms with E-state index >= 15 is 0 Å². The molecule has 2 aliphatic rings. The lowest BCUT2D eigenvalue weighted by molar-refractivity contribution is 0.0600. The minimum atomic E-state index is -3.56. The fourth-order valence-corrected chi connectivity index (χ4v) is 4.59. The number of hydrogen-bond acceptors (Lipinski definition) is 5. The summed E-state index contributed by atoms with van der Waals surface area (Å²) in [5.74, 6) is -0.480. The van der Waals surface area contributed by atoms with Crippen molar-refractivity contribution in [2.75, 3.05) is 7.11 Å². The molecule has 6 nitrogen and oxygen atoms in total. The van der Waals surface area contributed by atoms with Crippen molar-refractivity contribution < 1.29 is 17.9 Å². The third-order valence-electron chi connectivity index (χ3n) is 4.38. The van der Waals surface area contributed by atoms with Crippen molar-refractivity contribution in [2.45, 2.75) is 48.7 Å². The van der Waals surface area contributed by atoms with E-state index in [9.17, 15) is 13.2 Å². The SMILES string of the molecule is COC(=O)c1ccc(S(=O)(=O)NC2CC3CCC(C2)N3)cc1.Cl. The summed E-state index contributed by atoms with van der Waals surface area (Å²) < 4.78 is 32.3. The third kappa shape index (κ3) is 4.03. The van der Waals surface area contributed by atoms with Crippen LogP contribution in [-0.4, -0.2) is 39.6 Å². The van der Waals surface area contributed by atoms with Crippen LogP contribution in [0.5, 0.6) is 0 Å². The standard InChI is InChI=1S/C15H20N2O4S.ClH/c1-21-15(18)10-2-6-14(7-3-10)22(19,20)17-13-8-11-4-5-12(9-13)16-11;/h2-3,6-7,11-13,16-17H,4-5,8-9H2,1H3;1H. The number of esters is 1. The number of carbonyl (C=O) groups is 1. The highest BCUT2D eigenvalue weighted by molar-refractivity contribution is 7.89. The normalized spacial score (nSPS) is 26.4. The average Bonchev–Trinajstić information content (AvgIpc) is 2.85. The van der Waals surface area contributed by atoms with Crippen LogP contribution in [0, 0.1) is 0 Å². The second-order valence-electron chi connectivity index (χ2n) is 5.94. The van der Waals surface area contributed by atoms with Gasteiger partial charge in [0.1, 0.15) is 0 Å². The fraction of sp³-hybridized carbons (Fsp3) is 0.533. The molecule has 0 aromatic heterocycles. The van der Waals surface area contributed by atoms with Crippen molar-refractivity contribution in [1.82, 2.24) is 10.0 Å². The molecule has 23 heavy (non-hydrogen) atoms. The highest BCUT2D eigenvalue weighted by Gasteiger charge is 2.35. The second-order valence-corrected chi connectivity index (χ2v) is 7.66. The molecule has 2 bridgehead atoms. The van der Waals surface area contributed by atoms with E-state index in [2.05, 4.69) is 14.8 Å². The molecule has 8 heteroatoms. The summed E-state index contributed by atoms with van der Waals surface area (Å²) in [7, 11) is -2.27. The molecule has 0 radical (unpaired) electrons. The lowest BCUT2D eigenvalue weighted by Gasteiger charge is -2.29. The maximum Gasteiger partial charge on any atom is 0.337 e. The summed E-state index contributed by atoms with van der Waals surface area (Å²) in [6, 6.07) is 6.62. The Balaban J connectivity index is 0.00000192. The van der Waals surface area contributed by atoms with Gasteiger partial charge in [-0.05, 0) is 49.9 Å². The Morgan fingerprint density at radius 3 is 2.26 bits per heavy atom. The first-order valence-corrected chi connectivity index (χ1v) is 8.93. The number of ether oxygens (including phenoxy) is 1. The van der Waals surface area contributed by atoms with Gasteiger partial charge in [-0.25, -0.2) is 17.9 Å². The van der Waals surface area contributed by atoms with E-state index in [1.807, 2.05) is 0 Å². The Morgan fingerprint density at radius 2 is 1.74 bits per heavy atom. The van der Waals surface area contributed by atoms with E-state index in [4.69, 9.17) is 0 Å². The minimum Gasteiger partial charge on any atom is -0.465 e. The lowest BCUT2D eigenvalue weighted by Crippen LogP contribution is -2.47. The molecule has 2 heterocycles. The zero-order chi connectivity index (χ0) is 15.7. The minimum absolute atomic E-state index is 0. The van der Waals surface area contributed by atoms with Crippen LogP contribution in [0.2, 0.25) is 0 Å². The molecular weight excluding hydrogens is 340 g/mol. The summed E-state index contributed by atoms with van der Waals surface area (Å²) in [5, 5.41) is 3.49. The number of carbonyl (C=O) groups excluding carboxylic acids is 1. The fourth-order valence-electron chi connectivity index (χ4n) is 3.33. The van der Waals surface area contributed by atoms with Crippen molar-refractivity contribution >= 4 is 28.4 Å². The number of fused-ring (bicyclic) bond motifs is 2. The maximum atomic E-state index is 12.4. The number of sulfonamides is 1. The quantitative estimate of drug-likeness (QED) is 0.794. The number of piperidine rings is 1. The maximum absolute atomic E-state index is 12.4. The summed E-state index contributed by atoms with van der Waals surface area (Å²) in [6.45, 7) is 0. The van der Waals surface area contributed by atoms with Crippen LogP contribution >= 0.6 is 12.4 Å². The van der Waals surface area contributed by atoms with Crippen molar-refractivity contribution in [3.05, 3.63) is 29.8 Å². The van der Waals surface area contributed by atoms with Gasteiger partial charge in [-0.3, -0.25) is 0 Å². The molecule has 0 saturated carbocycles. The van der Waals surface area contributed by atoms with Crippen LogP contribution < -0.4 is 10.0 Å². The summed E-state index contributed by atoms with van der Waals surface area (Å²) in [5.41, 5.74) is 0.335. The molecule has 2 saturated heterocycles. The van der Waals surface area contributed by atoms with Gasteiger partial charge in [0.05, 0.1) is 17.6 Å². The Kier molecular flexibility index (Phi) is 5.67. The monoisotopic (exact) mass is 360 g/mol. The molecule has 1 aromatic carbocycles. The Hall–Kier alpha value is -1.15. The van der Waals surface area contributed by atoms with Crippen molar-refractivity contribution in [3.63, 3.8) is 0 Å². The van der Waals surface area contributed by atoms with Gasteiger partial charge >= 0.3 is 5.97 Å². The van der Waals surface area contributed by atoms with Crippen LogP contribution in [0.15, 0.2) is 29.2 Å². The number of nitrogens with one attached hydrogen (secondary N) is 2. The van der Waals surface area contributed by atoms with Gasteiger partial charge in [0.15, 0.2) is 0 Å². The van der Waals surface area contributed by atoms with Crippen LogP contribution in [0.4, 0.5) is 0 Å². The van der Waals surface area contributed by atoms with E-state index in [1.165, 1.54) is 31.4 Å². The van der Waals surface area contributed by atoms with Crippen LogP contribution in [0.1, 0.15) is 36.0 Å². The predicted molar refractivity (Wildman–Crippen MR) is 88.3 cm³/mol. The molecular formula is C15H21ClN2O4S. The molecule has 2 aliphatic heterocycles. The molecule has 3 rings (SSSR count). The van der Waals surface area contributed by atoms with Crippen LogP contribution in [0.3, 0.4) is 0 Å². The summed E-state index contributed by atoms with van der Waals surface area (Å²) in [4.78, 5) is 11.5. The molecule has 2 fully saturated rings. The summed E-state index contributed by atoms with van der Waals surface area (Å²) >= 11 is 0. The molecule has 2 N–H and O–H groups in total. The largest absolute Gasteiger partial charge is 0.465 e. The first-order valence-electron chi connectivity index (χ1n) is 7.44. The van der Waals surface area contributed by atoms with Crippen molar-refractivity contribution in [2.24, 2.45) is 0 Å². The van der Waals surface area contributed by atoms with Gasteiger partial charge in [-0.15, -0.1) is 12.4 Å². The Labute approximate surface area is 142 Å². The number of benzene rings is 1. The number of halogens is 1. The zero-order valence-corrected chi connectivity index (χ0v) is 14.5. The first-order chi connectivity index (χ1) is 10.5. The van der Waals surface area contributed by atoms with Gasteiger partial charge in [0.2, 0.25) is 10.0 Å². The zero-order valence-electron chi connectivity index (χ0n) is 12.8. The number of hydrogen-bond donors (Lipinski definition) is 2. The van der Waals surface area contributed by atoms with Gasteiger partial charge in [0, 0.05) is 18.1 Å². The molecule has 0 spiro atoms. The Bertz CT molecular complexity index is 651. The van der Waals surface area contributed by atoms with Crippen molar-refractivity contribution in [1.29, 1.82) is 0 Å². The molecule has 128 valence electrons. The average molecular weight is 361 g/mol. The van der Waals surface area contributed by atoms with Gasteiger partial charge in [-0.2, -0.15) is 0 Å². The van der Waals surface area contributed by atoms with E-state index < -0.39 is 16.0 Å². The lowest BCUT2D eigenvalue weighted by atomic mass is 10.0. The van der Waals surface area contributed by atoms with Gasteiger partial charge < -0.3 is 10.1 Å². The molecule has 1 aromatic rings. The van der Waals surface area contributed by atoms with E-state index in [-0.39, 0.29) is 23.3 Å². The highest BCUT2D eigenvalue weighted by Crippen LogP contribution is 2.27. The smallest absolute Gasteiger partial charge is 0.337 e. The highest BCUT2D eigenvalue weighted by atomic mass is 35.5. The van der Waals surface area contributed by atoms with E-state index in [1.54, 1.807) is 0 Å². The summed E-state index contributed by atoms with van der Waals surface area (Å²) in [6.07, 6.45) is 3.90. The number of rotatable bonds is 4. The van der Waals surface area contributed by atoms with Crippen molar-refractivity contribution in [3.8, 4) is 0 Å². The van der Waals surface area contributed by atoms with Gasteiger partial charge in [0.25, 0.3) is 0 Å². The second kappa shape index (κ2) is 7.17. The van der Waals surface area contributed by atoms with E-state index in [0.29, 0.717) is 17.6 Å². The van der Waals surface area contributed by atoms with Gasteiger partial charge in [-0.1, -0.05) is 0 Å². The Morgan fingerprint density at radius 1 is 1.17 bits per heavy atom. The topological polar surface area (TPSA) is 84.5 Å². The molecule has 0 aliphatic carbocycles. The molecule has 0 amide bonds. The molecule has 2 atom stereocenters. The van der Waals surface area contributed by atoms with Crippen LogP contribution in [0.25, 0.3) is 0 Å². The molecule has 2 unspecified atom stereocenters. The van der Waals surface area contributed by atoms with Crippen LogP contribution in [-0.2, 0) is 14.8 Å². The van der Waals surface area contributed by atoms with E-state index in [0.717, 1.165) is 25.7 Å². The predicted octanol–water partition coefficient (Wildman–Crippen LogP) is 1.46. The number of methoxy groups -OCH3 is 1.